The highest BCUT2D eigenvalue weighted by Gasteiger charge is 1.54. The summed E-state index contributed by atoms with van der Waals surface area (Å²) in [6, 6.07) is 0. The lowest BCUT2D eigenvalue weighted by molar-refractivity contribution is -0.373. The van der Waals surface area contributed by atoms with Crippen LogP contribution in [0.2, 0.25) is 0 Å². The van der Waals surface area contributed by atoms with Crippen LogP contribution in [0.15, 0.2) is 0 Å². The third-order valence-electron chi connectivity index (χ3n) is 0.183. The molecular formula is C2H7O2+. The normalized spacial score (nSPS) is 7.50. The molecule has 0 aliphatic carbocycles. The molecule has 0 heterocycles. The maximum atomic E-state index is 4.17. The van der Waals surface area contributed by atoms with E-state index in [9.17, 15) is 0 Å². The second kappa shape index (κ2) is 2.92. The molecule has 0 spiro atoms. The Kier molecular flexibility index (Phi) is 2.86. The van der Waals surface area contributed by atoms with Gasteiger partial charge in [0.05, 0.1) is 0 Å². The van der Waals surface area contributed by atoms with E-state index in [0.717, 1.165) is 0 Å². The maximum absolute atomic E-state index is 4.17. The average Bonchev–Trinajstić information content (AvgIpc) is 1.37. The van der Waals surface area contributed by atoms with E-state index in [0.29, 0.717) is 0 Å². The Labute approximate surface area is 25.3 Å². The van der Waals surface area contributed by atoms with E-state index in [2.05, 4.69) is 9.78 Å². The van der Waals surface area contributed by atoms with Crippen LogP contribution in [0.4, 0.5) is 0 Å². The SMILES string of the molecule is CO[OH+]C. The molecule has 0 saturated heterocycles. The molecule has 4 heavy (non-hydrogen) atoms. The van der Waals surface area contributed by atoms with E-state index in [-0.39, 0.29) is 0 Å². The highest BCUT2D eigenvalue weighted by atomic mass is 17.2. The van der Waals surface area contributed by atoms with Gasteiger partial charge in [0.1, 0.15) is 7.11 Å². The van der Waals surface area contributed by atoms with E-state index >= 15 is 0 Å². The van der Waals surface area contributed by atoms with Crippen molar-refractivity contribution >= 4 is 0 Å². The molecule has 0 unspecified atom stereocenters. The first-order valence-electron chi connectivity index (χ1n) is 1.04. The zero-order chi connectivity index (χ0) is 3.41. The van der Waals surface area contributed by atoms with Crippen LogP contribution < -0.4 is 0 Å². The molecule has 0 aliphatic heterocycles. The predicted molar refractivity (Wildman–Crippen MR) is 15.2 cm³/mol. The molecule has 0 bridgehead atoms. The van der Waals surface area contributed by atoms with Crippen LogP contribution in [0, 0.1) is 0 Å². The van der Waals surface area contributed by atoms with Crippen LogP contribution in [0.5, 0.6) is 0 Å². The summed E-state index contributed by atoms with van der Waals surface area (Å²) in [6.07, 6.45) is 0. The minimum absolute atomic E-state index is 1.51. The van der Waals surface area contributed by atoms with Crippen molar-refractivity contribution in [2.45, 2.75) is 0 Å². The van der Waals surface area contributed by atoms with Crippen molar-refractivity contribution in [1.29, 1.82) is 0 Å². The van der Waals surface area contributed by atoms with Crippen molar-refractivity contribution in [3.8, 4) is 0 Å². The van der Waals surface area contributed by atoms with Gasteiger partial charge in [0.15, 0.2) is 7.11 Å². The quantitative estimate of drug-likeness (QED) is 0.233. The van der Waals surface area contributed by atoms with Gasteiger partial charge in [-0.05, 0) is 0 Å². The molecule has 2 heteroatoms. The number of rotatable bonds is 1. The van der Waals surface area contributed by atoms with Crippen LogP contribution in [0.25, 0.3) is 0 Å². The molecule has 0 fully saturated rings. The molecule has 0 atom stereocenters. The largest absolute Gasteiger partial charge is 0.253 e. The molecule has 0 rings (SSSR count). The fraction of sp³-hybridized carbons (Fsp3) is 1.00. The van der Waals surface area contributed by atoms with Gasteiger partial charge in [-0.1, -0.05) is 0 Å². The smallest absolute Gasteiger partial charge is 0.174 e. The van der Waals surface area contributed by atoms with E-state index < -0.39 is 0 Å². The highest BCUT2D eigenvalue weighted by molar-refractivity contribution is 3.43. The zero-order valence-electron chi connectivity index (χ0n) is 2.86. The second-order valence-electron chi connectivity index (χ2n) is 0.365. The predicted octanol–water partition coefficient (Wildman–Crippen LogP) is -0.294. The molecular weight excluding hydrogens is 56.0 g/mol. The van der Waals surface area contributed by atoms with E-state index in [1.807, 2.05) is 0 Å². The van der Waals surface area contributed by atoms with Crippen LogP contribution in [0.1, 0.15) is 0 Å². The molecule has 0 aliphatic rings. The highest BCUT2D eigenvalue weighted by Crippen LogP contribution is 1.44. The molecule has 2 nitrogen and oxygen atoms in total. The first-order chi connectivity index (χ1) is 1.91. The van der Waals surface area contributed by atoms with Crippen molar-refractivity contribution in [2.24, 2.45) is 0 Å². The monoisotopic (exact) mass is 63.0 g/mol. The number of hydrogen-bond donors (Lipinski definition) is 0. The summed E-state index contributed by atoms with van der Waals surface area (Å²) in [5.74, 6) is 0. The summed E-state index contributed by atoms with van der Waals surface area (Å²) in [6.45, 7) is 0. The van der Waals surface area contributed by atoms with Crippen molar-refractivity contribution in [1.82, 2.24) is 0 Å². The van der Waals surface area contributed by atoms with E-state index in [4.69, 9.17) is 0 Å². The molecule has 0 aromatic heterocycles. The lowest BCUT2D eigenvalue weighted by Gasteiger charge is -1.72. The topological polar surface area (TPSA) is 22.0 Å². The zero-order valence-corrected chi connectivity index (χ0v) is 2.86. The standard InChI is InChI=1S/C2H6O2/c1-3-4-2/h1-2H3/p+1. The first-order valence-corrected chi connectivity index (χ1v) is 1.04. The summed E-state index contributed by atoms with van der Waals surface area (Å²) in [5, 5.41) is 0. The van der Waals surface area contributed by atoms with Crippen LogP contribution in [-0.2, 0) is 4.89 Å². The molecule has 0 saturated carbocycles. The third kappa shape index (κ3) is 1.92. The van der Waals surface area contributed by atoms with Crippen LogP contribution in [-0.4, -0.2) is 19.1 Å². The van der Waals surface area contributed by atoms with Gasteiger partial charge in [-0.2, -0.15) is 0 Å². The molecule has 0 amide bonds. The summed E-state index contributed by atoms with van der Waals surface area (Å²) in [4.78, 5) is 7.40. The molecule has 26 valence electrons. The van der Waals surface area contributed by atoms with Crippen LogP contribution in [0.3, 0.4) is 0 Å². The average molecular weight is 63.1 g/mol. The van der Waals surface area contributed by atoms with Crippen molar-refractivity contribution in [3.05, 3.63) is 0 Å². The Bertz CT molecular complexity index is 6.00. The Morgan fingerprint density at radius 1 is 1.75 bits per heavy atom. The minimum Gasteiger partial charge on any atom is -0.253 e. The fourth-order valence-electron chi connectivity index (χ4n) is 0. The van der Waals surface area contributed by atoms with Crippen molar-refractivity contribution in [2.75, 3.05) is 14.2 Å². The lowest BCUT2D eigenvalue weighted by atomic mass is 11.7. The van der Waals surface area contributed by atoms with Crippen LogP contribution >= 0.6 is 0 Å². The maximum Gasteiger partial charge on any atom is 0.174 e. The Morgan fingerprint density at radius 2 is 2.00 bits per heavy atom. The van der Waals surface area contributed by atoms with Gasteiger partial charge in [-0.3, -0.25) is 4.89 Å². The van der Waals surface area contributed by atoms with Gasteiger partial charge in [0, 0.05) is 0 Å². The van der Waals surface area contributed by atoms with Gasteiger partial charge in [-0.15, -0.1) is 4.89 Å². The van der Waals surface area contributed by atoms with Gasteiger partial charge >= 0.3 is 0 Å². The van der Waals surface area contributed by atoms with Gasteiger partial charge in [0.2, 0.25) is 0 Å². The Morgan fingerprint density at radius 3 is 2.00 bits per heavy atom. The summed E-state index contributed by atoms with van der Waals surface area (Å²) < 4.78 is 0. The first kappa shape index (κ1) is 3.92. The Hall–Kier alpha value is -0.0800. The Balaban J connectivity index is 1.97. The molecule has 0 aromatic carbocycles. The molecule has 0 radical (unpaired) electrons. The molecule has 1 N–H and O–H groups in total. The minimum atomic E-state index is 1.51. The summed E-state index contributed by atoms with van der Waals surface area (Å²) >= 11 is 0. The van der Waals surface area contributed by atoms with E-state index in [1.54, 1.807) is 7.11 Å². The second-order valence-corrected chi connectivity index (χ2v) is 0.365. The third-order valence-corrected chi connectivity index (χ3v) is 0.183. The van der Waals surface area contributed by atoms with Crippen molar-refractivity contribution < 1.29 is 9.78 Å². The summed E-state index contributed by atoms with van der Waals surface area (Å²) in [5.41, 5.74) is 0. The summed E-state index contributed by atoms with van der Waals surface area (Å²) in [7, 11) is 3.10. The van der Waals surface area contributed by atoms with Gasteiger partial charge in [0.25, 0.3) is 0 Å². The van der Waals surface area contributed by atoms with E-state index in [1.165, 1.54) is 7.11 Å². The lowest BCUT2D eigenvalue weighted by Crippen LogP contribution is -1.81. The van der Waals surface area contributed by atoms with Gasteiger partial charge < -0.3 is 0 Å². The van der Waals surface area contributed by atoms with Gasteiger partial charge in [-0.25, -0.2) is 0 Å². The van der Waals surface area contributed by atoms with Crippen molar-refractivity contribution in [3.63, 3.8) is 0 Å². The molecule has 0 aromatic rings. The number of aliphatic hydroxyl groups is 1. The number of hydrogen-bond acceptors (Lipinski definition) is 1. The fourth-order valence-corrected chi connectivity index (χ4v) is 0.